The summed E-state index contributed by atoms with van der Waals surface area (Å²) in [5.41, 5.74) is 9.31. The van der Waals surface area contributed by atoms with Crippen molar-refractivity contribution in [3.05, 3.63) is 23.8 Å². The van der Waals surface area contributed by atoms with Crippen molar-refractivity contribution < 1.29 is 0 Å². The number of rotatable bonds is 2. The average molecular weight is 190 g/mol. The Labute approximate surface area is 85.5 Å². The molecular formula is C12H18N2. The molecule has 0 saturated heterocycles. The fourth-order valence-corrected chi connectivity index (χ4v) is 1.93. The minimum Gasteiger partial charge on any atom is -0.399 e. The zero-order valence-electron chi connectivity index (χ0n) is 8.93. The van der Waals surface area contributed by atoms with Gasteiger partial charge < -0.3 is 11.1 Å². The van der Waals surface area contributed by atoms with Crippen LogP contribution in [0, 0.1) is 6.92 Å². The van der Waals surface area contributed by atoms with Crippen LogP contribution in [0.4, 0.5) is 11.4 Å². The molecule has 0 aromatic heterocycles. The number of hydrogen-bond donors (Lipinski definition) is 2. The highest BCUT2D eigenvalue weighted by atomic mass is 15.0. The molecule has 76 valence electrons. The molecule has 0 spiro atoms. The lowest BCUT2D eigenvalue weighted by Crippen LogP contribution is -2.41. The van der Waals surface area contributed by atoms with Crippen molar-refractivity contribution >= 4 is 11.4 Å². The number of hydrogen-bond acceptors (Lipinski definition) is 2. The van der Waals surface area contributed by atoms with Gasteiger partial charge in [-0.3, -0.25) is 0 Å². The van der Waals surface area contributed by atoms with Crippen molar-refractivity contribution in [2.75, 3.05) is 11.1 Å². The van der Waals surface area contributed by atoms with Crippen LogP contribution in [0.3, 0.4) is 0 Å². The van der Waals surface area contributed by atoms with E-state index in [1.54, 1.807) is 0 Å². The summed E-state index contributed by atoms with van der Waals surface area (Å²) in [6.45, 7) is 4.33. The van der Waals surface area contributed by atoms with Gasteiger partial charge in [0, 0.05) is 16.9 Å². The predicted octanol–water partition coefficient (Wildman–Crippen LogP) is 2.93. The Balaban J connectivity index is 2.13. The van der Waals surface area contributed by atoms with Crippen LogP contribution in [0.15, 0.2) is 18.2 Å². The van der Waals surface area contributed by atoms with Crippen molar-refractivity contribution in [1.29, 1.82) is 0 Å². The summed E-state index contributed by atoms with van der Waals surface area (Å²) in [5.74, 6) is 0. The molecule has 1 aromatic carbocycles. The molecule has 0 bridgehead atoms. The molecule has 0 heterocycles. The molecule has 0 amide bonds. The third kappa shape index (κ3) is 1.69. The minimum atomic E-state index is 0.322. The summed E-state index contributed by atoms with van der Waals surface area (Å²) in [5, 5.41) is 3.57. The molecular weight excluding hydrogens is 172 g/mol. The Morgan fingerprint density at radius 3 is 2.57 bits per heavy atom. The van der Waals surface area contributed by atoms with Crippen LogP contribution in [-0.2, 0) is 0 Å². The summed E-state index contributed by atoms with van der Waals surface area (Å²) >= 11 is 0. The molecule has 2 heteroatoms. The number of benzene rings is 1. The van der Waals surface area contributed by atoms with Crippen molar-refractivity contribution in [2.24, 2.45) is 0 Å². The maximum absolute atomic E-state index is 5.77. The fraction of sp³-hybridized carbons (Fsp3) is 0.500. The zero-order chi connectivity index (χ0) is 10.2. The maximum Gasteiger partial charge on any atom is 0.0348 e. The van der Waals surface area contributed by atoms with Crippen LogP contribution in [0.5, 0.6) is 0 Å². The monoisotopic (exact) mass is 190 g/mol. The number of anilines is 2. The number of nitrogen functional groups attached to an aromatic ring is 1. The lowest BCUT2D eigenvalue weighted by Gasteiger charge is -2.40. The van der Waals surface area contributed by atoms with Gasteiger partial charge in [-0.05, 0) is 56.9 Å². The summed E-state index contributed by atoms with van der Waals surface area (Å²) in [6, 6.07) is 6.16. The van der Waals surface area contributed by atoms with E-state index in [0.29, 0.717) is 5.54 Å². The molecule has 0 radical (unpaired) electrons. The predicted molar refractivity (Wildman–Crippen MR) is 61.5 cm³/mol. The normalized spacial score (nSPS) is 18.7. The van der Waals surface area contributed by atoms with E-state index in [1.165, 1.54) is 24.9 Å². The number of nitrogens with two attached hydrogens (primary N) is 1. The second-order valence-electron chi connectivity index (χ2n) is 4.61. The van der Waals surface area contributed by atoms with E-state index in [4.69, 9.17) is 5.73 Å². The van der Waals surface area contributed by atoms with Crippen LogP contribution in [0.1, 0.15) is 31.7 Å². The van der Waals surface area contributed by atoms with Gasteiger partial charge in [-0.25, -0.2) is 0 Å². The van der Waals surface area contributed by atoms with E-state index in [2.05, 4.69) is 24.4 Å². The Morgan fingerprint density at radius 2 is 2.07 bits per heavy atom. The standard InChI is InChI=1S/C12H18N2/c1-9-8-10(4-5-11(9)13)14-12(2)6-3-7-12/h4-5,8,14H,3,6-7,13H2,1-2H3. The van der Waals surface area contributed by atoms with E-state index in [0.717, 1.165) is 11.3 Å². The Bertz CT molecular complexity index is 340. The molecule has 0 atom stereocenters. The fourth-order valence-electron chi connectivity index (χ4n) is 1.93. The third-order valence-corrected chi connectivity index (χ3v) is 3.17. The highest BCUT2D eigenvalue weighted by Crippen LogP contribution is 2.35. The molecule has 1 fully saturated rings. The Hall–Kier alpha value is -1.18. The smallest absolute Gasteiger partial charge is 0.0348 e. The quantitative estimate of drug-likeness (QED) is 0.704. The van der Waals surface area contributed by atoms with E-state index in [9.17, 15) is 0 Å². The molecule has 1 aliphatic rings. The largest absolute Gasteiger partial charge is 0.399 e. The molecule has 3 N–H and O–H groups in total. The second-order valence-corrected chi connectivity index (χ2v) is 4.61. The molecule has 0 aliphatic heterocycles. The first-order chi connectivity index (χ1) is 6.59. The van der Waals surface area contributed by atoms with E-state index in [1.807, 2.05) is 13.0 Å². The molecule has 2 rings (SSSR count). The van der Waals surface area contributed by atoms with Gasteiger partial charge >= 0.3 is 0 Å². The van der Waals surface area contributed by atoms with Crippen molar-refractivity contribution in [3.63, 3.8) is 0 Å². The lowest BCUT2D eigenvalue weighted by molar-refractivity contribution is 0.306. The first-order valence-electron chi connectivity index (χ1n) is 5.23. The van der Waals surface area contributed by atoms with Gasteiger partial charge in [0.25, 0.3) is 0 Å². The van der Waals surface area contributed by atoms with Gasteiger partial charge in [0.2, 0.25) is 0 Å². The van der Waals surface area contributed by atoms with Gasteiger partial charge in [0.05, 0.1) is 0 Å². The summed E-state index contributed by atoms with van der Waals surface area (Å²) in [7, 11) is 0. The topological polar surface area (TPSA) is 38.0 Å². The summed E-state index contributed by atoms with van der Waals surface area (Å²) in [6.07, 6.45) is 3.89. The van der Waals surface area contributed by atoms with Gasteiger partial charge in [-0.2, -0.15) is 0 Å². The molecule has 2 nitrogen and oxygen atoms in total. The van der Waals surface area contributed by atoms with Crippen molar-refractivity contribution in [1.82, 2.24) is 0 Å². The van der Waals surface area contributed by atoms with Gasteiger partial charge in [0.1, 0.15) is 0 Å². The number of aryl methyl sites for hydroxylation is 1. The average Bonchev–Trinajstić information content (AvgIpc) is 2.09. The first kappa shape index (κ1) is 9.38. The van der Waals surface area contributed by atoms with Gasteiger partial charge in [-0.1, -0.05) is 0 Å². The molecule has 1 saturated carbocycles. The van der Waals surface area contributed by atoms with Gasteiger partial charge in [-0.15, -0.1) is 0 Å². The van der Waals surface area contributed by atoms with Crippen LogP contribution >= 0.6 is 0 Å². The van der Waals surface area contributed by atoms with Crippen LogP contribution in [-0.4, -0.2) is 5.54 Å². The first-order valence-corrected chi connectivity index (χ1v) is 5.23. The third-order valence-electron chi connectivity index (χ3n) is 3.17. The summed E-state index contributed by atoms with van der Waals surface area (Å²) in [4.78, 5) is 0. The molecule has 0 unspecified atom stereocenters. The highest BCUT2D eigenvalue weighted by Gasteiger charge is 2.31. The van der Waals surface area contributed by atoms with Crippen LogP contribution in [0.2, 0.25) is 0 Å². The zero-order valence-corrected chi connectivity index (χ0v) is 8.93. The molecule has 1 aliphatic carbocycles. The van der Waals surface area contributed by atoms with E-state index >= 15 is 0 Å². The Kier molecular flexibility index (Phi) is 2.14. The van der Waals surface area contributed by atoms with E-state index < -0.39 is 0 Å². The molecule has 14 heavy (non-hydrogen) atoms. The SMILES string of the molecule is Cc1cc(NC2(C)CCC2)ccc1N. The second kappa shape index (κ2) is 3.19. The summed E-state index contributed by atoms with van der Waals surface area (Å²) < 4.78 is 0. The van der Waals surface area contributed by atoms with Gasteiger partial charge in [0.15, 0.2) is 0 Å². The molecule has 1 aromatic rings. The Morgan fingerprint density at radius 1 is 1.36 bits per heavy atom. The maximum atomic E-state index is 5.77. The van der Waals surface area contributed by atoms with E-state index in [-0.39, 0.29) is 0 Å². The van der Waals surface area contributed by atoms with Crippen LogP contribution in [0.25, 0.3) is 0 Å². The lowest BCUT2D eigenvalue weighted by atomic mass is 9.78. The number of nitrogens with one attached hydrogen (secondary N) is 1. The van der Waals surface area contributed by atoms with Crippen LogP contribution < -0.4 is 11.1 Å². The minimum absolute atomic E-state index is 0.322. The van der Waals surface area contributed by atoms with Crippen molar-refractivity contribution in [3.8, 4) is 0 Å². The highest BCUT2D eigenvalue weighted by molar-refractivity contribution is 5.57. The van der Waals surface area contributed by atoms with Crippen molar-refractivity contribution in [2.45, 2.75) is 38.6 Å².